The Morgan fingerprint density at radius 3 is 1.06 bits per heavy atom. The highest BCUT2D eigenvalue weighted by Gasteiger charge is 2.33. The summed E-state index contributed by atoms with van der Waals surface area (Å²) in [5, 5.41) is 0. The van der Waals surface area contributed by atoms with Crippen molar-refractivity contribution in [3.8, 4) is 0 Å². The second-order valence-corrected chi connectivity index (χ2v) is 18.1. The fourth-order valence-electron chi connectivity index (χ4n) is 11.6. The molecule has 0 bridgehead atoms. The van der Waals surface area contributed by atoms with Crippen LogP contribution in [0.1, 0.15) is 189 Å². The van der Waals surface area contributed by atoms with Gasteiger partial charge < -0.3 is 4.74 Å². The molecule has 0 amide bonds. The van der Waals surface area contributed by atoms with Gasteiger partial charge in [0.2, 0.25) is 0 Å². The van der Waals surface area contributed by atoms with Crippen LogP contribution in [0.3, 0.4) is 0 Å². The maximum absolute atomic E-state index is 15.1. The quantitative estimate of drug-likeness (QED) is 0.123. The molecule has 0 spiro atoms. The molecule has 5 heteroatoms. The molecular weight excluding hydrogens is 669 g/mol. The smallest absolute Gasteiger partial charge is 0.129 e. The lowest BCUT2D eigenvalue weighted by Gasteiger charge is -2.38. The third-order valence-corrected chi connectivity index (χ3v) is 14.8. The molecule has 0 aromatic heterocycles. The van der Waals surface area contributed by atoms with E-state index in [9.17, 15) is 0 Å². The van der Waals surface area contributed by atoms with Crippen LogP contribution in [0.2, 0.25) is 0 Å². The van der Waals surface area contributed by atoms with Crippen molar-refractivity contribution in [1.82, 2.24) is 0 Å². The molecule has 0 radical (unpaired) electrons. The summed E-state index contributed by atoms with van der Waals surface area (Å²) in [6.07, 6.45) is 26.8. The number of halogens is 4. The molecule has 4 saturated carbocycles. The Bertz CT molecular complexity index is 1240. The van der Waals surface area contributed by atoms with Crippen LogP contribution in [0, 0.1) is 58.8 Å². The second-order valence-electron chi connectivity index (χ2n) is 18.1. The van der Waals surface area contributed by atoms with Gasteiger partial charge >= 0.3 is 0 Å². The van der Waals surface area contributed by atoms with Gasteiger partial charge in [-0.2, -0.15) is 0 Å². The molecule has 0 atom stereocenters. The molecule has 0 N–H and O–H groups in total. The predicted octanol–water partition coefficient (Wildman–Crippen LogP) is 14.6. The van der Waals surface area contributed by atoms with E-state index in [1.54, 1.807) is 24.3 Å². The molecule has 4 fully saturated rings. The number of ether oxygens (including phenoxy) is 1. The lowest BCUT2D eigenvalue weighted by molar-refractivity contribution is 0.129. The Hall–Kier alpha value is -1.88. The van der Waals surface area contributed by atoms with E-state index in [4.69, 9.17) is 4.74 Å². The summed E-state index contributed by atoms with van der Waals surface area (Å²) in [6.45, 7) is 5.30. The molecule has 0 aliphatic heterocycles. The van der Waals surface area contributed by atoms with Gasteiger partial charge in [-0.3, -0.25) is 0 Å². The van der Waals surface area contributed by atoms with Crippen LogP contribution in [0.4, 0.5) is 17.6 Å². The zero-order valence-corrected chi connectivity index (χ0v) is 33.2. The summed E-state index contributed by atoms with van der Waals surface area (Å²) in [5.41, 5.74) is 1.92. The first-order chi connectivity index (χ1) is 25.8. The molecule has 296 valence electrons. The van der Waals surface area contributed by atoms with Crippen LogP contribution >= 0.6 is 0 Å². The van der Waals surface area contributed by atoms with Gasteiger partial charge in [-0.15, -0.1) is 0 Å². The number of hydrogen-bond donors (Lipinski definition) is 0. The van der Waals surface area contributed by atoms with Crippen molar-refractivity contribution in [2.45, 2.75) is 180 Å². The predicted molar refractivity (Wildman–Crippen MR) is 210 cm³/mol. The van der Waals surface area contributed by atoms with Gasteiger partial charge in [0.05, 0.1) is 0 Å². The number of benzene rings is 2. The van der Waals surface area contributed by atoms with Crippen LogP contribution in [-0.4, -0.2) is 13.2 Å². The molecule has 4 aliphatic rings. The highest BCUT2D eigenvalue weighted by atomic mass is 19.1. The third kappa shape index (κ3) is 11.1. The summed E-state index contributed by atoms with van der Waals surface area (Å²) in [6, 6.07) is 6.33. The minimum absolute atomic E-state index is 0.141. The van der Waals surface area contributed by atoms with Crippen LogP contribution in [0.15, 0.2) is 24.3 Å². The maximum atomic E-state index is 15.1. The molecule has 0 heterocycles. The zero-order chi connectivity index (χ0) is 37.2. The second kappa shape index (κ2) is 20.3. The fraction of sp³-hybridized carbons (Fsp3) is 0.750. The highest BCUT2D eigenvalue weighted by Crippen LogP contribution is 2.46. The first-order valence-corrected chi connectivity index (χ1v) is 22.4. The molecule has 2 aromatic carbocycles. The van der Waals surface area contributed by atoms with Crippen LogP contribution in [0.25, 0.3) is 0 Å². The van der Waals surface area contributed by atoms with Gasteiger partial charge in [0.25, 0.3) is 0 Å². The van der Waals surface area contributed by atoms with Gasteiger partial charge in [-0.25, -0.2) is 17.6 Å². The van der Waals surface area contributed by atoms with E-state index in [0.717, 1.165) is 72.3 Å². The molecular formula is C48H70F4O. The molecule has 1 nitrogen and oxygen atoms in total. The first kappa shape index (κ1) is 40.8. The summed E-state index contributed by atoms with van der Waals surface area (Å²) < 4.78 is 66.3. The van der Waals surface area contributed by atoms with Crippen molar-refractivity contribution in [1.29, 1.82) is 0 Å². The molecule has 4 aliphatic carbocycles. The molecule has 0 unspecified atom stereocenters. The lowest BCUT2D eigenvalue weighted by atomic mass is 9.68. The van der Waals surface area contributed by atoms with Gasteiger partial charge in [-0.05, 0) is 185 Å². The molecule has 2 aromatic rings. The molecule has 53 heavy (non-hydrogen) atoms. The van der Waals surface area contributed by atoms with Crippen LogP contribution in [-0.2, 0) is 17.6 Å². The SMILES string of the molecule is CCCC1CCC(C2CCC(c3cc(F)c(CCCOCCCc4c(F)cc(C5CCC(C6CCC(CCC)CC6)CC5)cc4F)c(F)c3)CC2)CC1. The minimum Gasteiger partial charge on any atom is -0.381 e. The van der Waals surface area contributed by atoms with Crippen molar-refractivity contribution in [2.24, 2.45) is 35.5 Å². The Balaban J connectivity index is 0.867. The van der Waals surface area contributed by atoms with E-state index in [2.05, 4.69) is 13.8 Å². The summed E-state index contributed by atoms with van der Waals surface area (Å²) in [4.78, 5) is 0. The highest BCUT2D eigenvalue weighted by molar-refractivity contribution is 5.30. The largest absolute Gasteiger partial charge is 0.381 e. The van der Waals surface area contributed by atoms with Crippen molar-refractivity contribution < 1.29 is 22.3 Å². The van der Waals surface area contributed by atoms with Gasteiger partial charge in [0, 0.05) is 24.3 Å². The van der Waals surface area contributed by atoms with E-state index in [-0.39, 0.29) is 35.8 Å². The van der Waals surface area contributed by atoms with E-state index < -0.39 is 23.3 Å². The van der Waals surface area contributed by atoms with Gasteiger partial charge in [-0.1, -0.05) is 65.2 Å². The van der Waals surface area contributed by atoms with E-state index in [1.165, 1.54) is 103 Å². The van der Waals surface area contributed by atoms with Gasteiger partial charge in [0.1, 0.15) is 23.3 Å². The summed E-state index contributed by atoms with van der Waals surface area (Å²) >= 11 is 0. The van der Waals surface area contributed by atoms with Crippen molar-refractivity contribution in [3.05, 3.63) is 69.8 Å². The standard InChI is InChI=1S/C48H70F4O/c1-3-7-33-11-15-35(16-12-33)37-19-23-39(24-20-37)41-29-45(49)43(46(50)30-41)9-5-27-53-28-6-10-44-47(51)31-42(32-48(44)52)40-25-21-38(22-26-40)36-17-13-34(8-4-2)14-18-36/h29-40H,3-28H2,1-2H3. The lowest BCUT2D eigenvalue weighted by Crippen LogP contribution is -2.25. The Morgan fingerprint density at radius 1 is 0.453 bits per heavy atom. The summed E-state index contributed by atoms with van der Waals surface area (Å²) in [7, 11) is 0. The van der Waals surface area contributed by atoms with Crippen LogP contribution < -0.4 is 0 Å². The van der Waals surface area contributed by atoms with Crippen molar-refractivity contribution >= 4 is 0 Å². The monoisotopic (exact) mass is 739 g/mol. The number of rotatable bonds is 16. The average Bonchev–Trinajstić information content (AvgIpc) is 3.17. The Morgan fingerprint density at radius 2 is 0.755 bits per heavy atom. The zero-order valence-electron chi connectivity index (χ0n) is 33.2. The summed E-state index contributed by atoms with van der Waals surface area (Å²) in [5.74, 6) is 3.85. The maximum Gasteiger partial charge on any atom is 0.129 e. The first-order valence-electron chi connectivity index (χ1n) is 22.4. The van der Waals surface area contributed by atoms with E-state index >= 15 is 17.6 Å². The number of hydrogen-bond acceptors (Lipinski definition) is 1. The Kier molecular flexibility index (Phi) is 15.6. The topological polar surface area (TPSA) is 9.23 Å². The van der Waals surface area contributed by atoms with Crippen molar-refractivity contribution in [3.63, 3.8) is 0 Å². The minimum atomic E-state index is -0.441. The molecule has 0 saturated heterocycles. The normalized spacial score (nSPS) is 29.7. The van der Waals surface area contributed by atoms with Crippen LogP contribution in [0.5, 0.6) is 0 Å². The van der Waals surface area contributed by atoms with E-state index in [0.29, 0.717) is 26.1 Å². The van der Waals surface area contributed by atoms with Crippen molar-refractivity contribution in [2.75, 3.05) is 13.2 Å². The average molecular weight is 739 g/mol. The Labute approximate surface area is 319 Å². The fourth-order valence-corrected chi connectivity index (χ4v) is 11.6. The third-order valence-electron chi connectivity index (χ3n) is 14.8. The van der Waals surface area contributed by atoms with E-state index in [1.807, 2.05) is 0 Å². The molecule has 6 rings (SSSR count). The van der Waals surface area contributed by atoms with Gasteiger partial charge in [0.15, 0.2) is 0 Å².